The number of benzene rings is 2. The largest absolute Gasteiger partial charge is 0.338 e. The lowest BCUT2D eigenvalue weighted by Crippen LogP contribution is -2.39. The Balaban J connectivity index is 1.43. The van der Waals surface area contributed by atoms with Crippen LogP contribution in [0.1, 0.15) is 34.8 Å². The van der Waals surface area contributed by atoms with Crippen LogP contribution in [-0.2, 0) is 0 Å². The number of hydrogen-bond acceptors (Lipinski definition) is 4. The van der Waals surface area contributed by atoms with Crippen LogP contribution in [-0.4, -0.2) is 44.1 Å². The van der Waals surface area contributed by atoms with Crippen LogP contribution in [0.15, 0.2) is 67.1 Å². The first-order valence-corrected chi connectivity index (χ1v) is 9.89. The minimum Gasteiger partial charge on any atom is -0.338 e. The van der Waals surface area contributed by atoms with Crippen molar-refractivity contribution in [2.45, 2.75) is 18.8 Å². The first kappa shape index (κ1) is 17.6. The fraction of sp³-hybridized carbons (Fsp3) is 0.217. The number of hydrogen-bond donors (Lipinski definition) is 1. The molecule has 5 rings (SSSR count). The number of para-hydroxylation sites is 1. The molecule has 1 aliphatic rings. The van der Waals surface area contributed by atoms with Gasteiger partial charge in [0.2, 0.25) is 0 Å². The summed E-state index contributed by atoms with van der Waals surface area (Å²) in [5, 5.41) is 7.49. The van der Waals surface area contributed by atoms with Gasteiger partial charge in [-0.3, -0.25) is 19.9 Å². The third-order valence-corrected chi connectivity index (χ3v) is 5.60. The molecule has 1 atom stereocenters. The topological polar surface area (TPSA) is 74.8 Å². The lowest BCUT2D eigenvalue weighted by atomic mass is 9.90. The fourth-order valence-corrected chi connectivity index (χ4v) is 4.19. The summed E-state index contributed by atoms with van der Waals surface area (Å²) in [5.74, 6) is 0.244. The average Bonchev–Trinajstić information content (AvgIpc) is 3.29. The second-order valence-electron chi connectivity index (χ2n) is 7.38. The van der Waals surface area contributed by atoms with E-state index >= 15 is 0 Å². The number of piperidine rings is 1. The van der Waals surface area contributed by atoms with Gasteiger partial charge in [0.15, 0.2) is 0 Å². The van der Waals surface area contributed by atoms with Crippen LogP contribution in [0, 0.1) is 0 Å². The number of H-pyrrole nitrogens is 1. The van der Waals surface area contributed by atoms with Gasteiger partial charge in [0, 0.05) is 42.7 Å². The zero-order valence-electron chi connectivity index (χ0n) is 16.0. The molecule has 3 heterocycles. The summed E-state index contributed by atoms with van der Waals surface area (Å²) in [7, 11) is 0. The molecule has 1 aliphatic heterocycles. The number of aromatic amines is 1. The van der Waals surface area contributed by atoms with Gasteiger partial charge in [0.25, 0.3) is 5.91 Å². The van der Waals surface area contributed by atoms with Crippen LogP contribution in [0.3, 0.4) is 0 Å². The molecule has 0 bridgehead atoms. The minimum absolute atomic E-state index is 0.0153. The van der Waals surface area contributed by atoms with E-state index in [1.54, 1.807) is 12.4 Å². The van der Waals surface area contributed by atoms with Crippen LogP contribution in [0.4, 0.5) is 0 Å². The van der Waals surface area contributed by atoms with Crippen LogP contribution in [0.25, 0.3) is 22.2 Å². The van der Waals surface area contributed by atoms with Gasteiger partial charge in [-0.05, 0) is 30.5 Å². The van der Waals surface area contributed by atoms with Crippen LogP contribution < -0.4 is 0 Å². The van der Waals surface area contributed by atoms with Gasteiger partial charge < -0.3 is 4.90 Å². The van der Waals surface area contributed by atoms with E-state index < -0.39 is 0 Å². The van der Waals surface area contributed by atoms with E-state index in [1.165, 1.54) is 0 Å². The third-order valence-electron chi connectivity index (χ3n) is 5.60. The molecule has 1 N–H and O–H groups in total. The van der Waals surface area contributed by atoms with Gasteiger partial charge in [-0.2, -0.15) is 5.10 Å². The lowest BCUT2D eigenvalue weighted by Gasteiger charge is -2.33. The van der Waals surface area contributed by atoms with Gasteiger partial charge in [0.05, 0.1) is 17.3 Å². The maximum absolute atomic E-state index is 13.3. The quantitative estimate of drug-likeness (QED) is 0.579. The monoisotopic (exact) mass is 383 g/mol. The molecular weight excluding hydrogens is 362 g/mol. The number of nitrogens with one attached hydrogen (secondary N) is 1. The zero-order chi connectivity index (χ0) is 19.6. The molecule has 6 nitrogen and oxygen atoms in total. The van der Waals surface area contributed by atoms with Gasteiger partial charge >= 0.3 is 0 Å². The van der Waals surface area contributed by atoms with Gasteiger partial charge in [-0.15, -0.1) is 0 Å². The minimum atomic E-state index is 0.0153. The molecule has 0 spiro atoms. The van der Waals surface area contributed by atoms with Crippen molar-refractivity contribution in [3.05, 3.63) is 78.4 Å². The van der Waals surface area contributed by atoms with E-state index in [0.717, 1.165) is 41.7 Å². The molecular formula is C23H21N5O. The van der Waals surface area contributed by atoms with E-state index in [1.807, 2.05) is 47.5 Å². The summed E-state index contributed by atoms with van der Waals surface area (Å²) in [5.41, 5.74) is 5.38. The van der Waals surface area contributed by atoms with Crippen molar-refractivity contribution < 1.29 is 4.79 Å². The molecule has 0 saturated carbocycles. The number of aromatic nitrogens is 4. The second-order valence-corrected chi connectivity index (χ2v) is 7.38. The SMILES string of the molecule is O=C(c1cccc2nccnc12)N1CCC[C@H](c2[nH]ncc2-c2ccccc2)C1. The zero-order valence-corrected chi connectivity index (χ0v) is 16.0. The van der Waals surface area contributed by atoms with E-state index in [2.05, 4.69) is 32.3 Å². The molecule has 1 fully saturated rings. The van der Waals surface area contributed by atoms with Crippen molar-refractivity contribution in [3.63, 3.8) is 0 Å². The van der Waals surface area contributed by atoms with Crippen LogP contribution >= 0.6 is 0 Å². The molecule has 4 aromatic rings. The molecule has 2 aromatic carbocycles. The predicted octanol–water partition coefficient (Wildman–Crippen LogP) is 4.04. The first-order chi connectivity index (χ1) is 14.3. The Bertz CT molecular complexity index is 1150. The van der Waals surface area contributed by atoms with Crippen molar-refractivity contribution in [2.24, 2.45) is 0 Å². The third kappa shape index (κ3) is 3.27. The van der Waals surface area contributed by atoms with E-state index in [9.17, 15) is 4.79 Å². The maximum Gasteiger partial charge on any atom is 0.256 e. The van der Waals surface area contributed by atoms with Gasteiger partial charge in [0.1, 0.15) is 5.52 Å². The molecule has 29 heavy (non-hydrogen) atoms. The Morgan fingerprint density at radius 1 is 1.03 bits per heavy atom. The van der Waals surface area contributed by atoms with Crippen molar-refractivity contribution in [3.8, 4) is 11.1 Å². The standard InChI is InChI=1S/C23H21N5O/c29-23(18-9-4-10-20-22(18)25-12-11-24-20)28-13-5-8-17(15-28)21-19(14-26-27-21)16-6-2-1-3-7-16/h1-4,6-7,9-12,14,17H,5,8,13,15H2,(H,26,27)/t17-/m0/s1. The molecule has 6 heteroatoms. The number of carbonyl (C=O) groups excluding carboxylic acids is 1. The van der Waals surface area contributed by atoms with Crippen molar-refractivity contribution in [2.75, 3.05) is 13.1 Å². The Hall–Kier alpha value is -3.54. The summed E-state index contributed by atoms with van der Waals surface area (Å²) < 4.78 is 0. The number of carbonyl (C=O) groups is 1. The van der Waals surface area contributed by atoms with Gasteiger partial charge in [-0.1, -0.05) is 36.4 Å². The molecule has 1 saturated heterocycles. The van der Waals surface area contributed by atoms with Crippen molar-refractivity contribution in [1.29, 1.82) is 0 Å². The van der Waals surface area contributed by atoms with E-state index in [0.29, 0.717) is 17.6 Å². The molecule has 0 radical (unpaired) electrons. The van der Waals surface area contributed by atoms with Crippen molar-refractivity contribution in [1.82, 2.24) is 25.1 Å². The number of likely N-dealkylation sites (tertiary alicyclic amines) is 1. The first-order valence-electron chi connectivity index (χ1n) is 9.89. The summed E-state index contributed by atoms with van der Waals surface area (Å²) in [6.07, 6.45) is 7.15. The summed E-state index contributed by atoms with van der Waals surface area (Å²) in [4.78, 5) is 24.0. The predicted molar refractivity (Wildman–Crippen MR) is 111 cm³/mol. The molecule has 144 valence electrons. The Kier molecular flexibility index (Phi) is 4.52. The van der Waals surface area contributed by atoms with Crippen molar-refractivity contribution >= 4 is 16.9 Å². The highest BCUT2D eigenvalue weighted by atomic mass is 16.2. The highest BCUT2D eigenvalue weighted by Crippen LogP contribution is 2.33. The smallest absolute Gasteiger partial charge is 0.256 e. The highest BCUT2D eigenvalue weighted by molar-refractivity contribution is 6.04. The van der Waals surface area contributed by atoms with E-state index in [4.69, 9.17) is 0 Å². The molecule has 1 amide bonds. The number of amides is 1. The number of rotatable bonds is 3. The summed E-state index contributed by atoms with van der Waals surface area (Å²) >= 11 is 0. The Morgan fingerprint density at radius 3 is 2.79 bits per heavy atom. The number of fused-ring (bicyclic) bond motifs is 1. The van der Waals surface area contributed by atoms with Gasteiger partial charge in [-0.25, -0.2) is 0 Å². The fourth-order valence-electron chi connectivity index (χ4n) is 4.19. The Labute approximate surface area is 168 Å². The second kappa shape index (κ2) is 7.47. The maximum atomic E-state index is 13.3. The van der Waals surface area contributed by atoms with Crippen LogP contribution in [0.2, 0.25) is 0 Å². The summed E-state index contributed by atoms with van der Waals surface area (Å²) in [6.45, 7) is 1.41. The molecule has 0 unspecified atom stereocenters. The lowest BCUT2D eigenvalue weighted by molar-refractivity contribution is 0.0708. The Morgan fingerprint density at radius 2 is 1.90 bits per heavy atom. The normalized spacial score (nSPS) is 16.8. The van der Waals surface area contributed by atoms with E-state index in [-0.39, 0.29) is 11.8 Å². The molecule has 2 aromatic heterocycles. The van der Waals surface area contributed by atoms with Crippen LogP contribution in [0.5, 0.6) is 0 Å². The average molecular weight is 383 g/mol. The number of nitrogens with zero attached hydrogens (tertiary/aromatic N) is 4. The molecule has 0 aliphatic carbocycles. The summed E-state index contributed by atoms with van der Waals surface area (Å²) in [6, 6.07) is 15.9. The highest BCUT2D eigenvalue weighted by Gasteiger charge is 2.29.